The van der Waals surface area contributed by atoms with Gasteiger partial charge in [-0.25, -0.2) is 9.36 Å². The average molecular weight is 289 g/mol. The van der Waals surface area contributed by atoms with Crippen LogP contribution < -0.4 is 0 Å². The number of hydrogen-bond donors (Lipinski definition) is 0. The van der Waals surface area contributed by atoms with Crippen molar-refractivity contribution >= 4 is 25.1 Å². The molecule has 0 amide bonds. The fourth-order valence-corrected chi connectivity index (χ4v) is 2.99. The minimum Gasteiger partial charge on any atom is -0.449 e. The van der Waals surface area contributed by atoms with E-state index in [2.05, 4.69) is 19.6 Å². The first kappa shape index (κ1) is 14.8. The molecule has 1 heterocycles. The van der Waals surface area contributed by atoms with Crippen LogP contribution in [0, 0.1) is 13.8 Å². The molecule has 108 valence electrons. The van der Waals surface area contributed by atoms with Crippen molar-refractivity contribution in [3.05, 3.63) is 35.5 Å². The number of carbonyl (C=O) groups is 1. The van der Waals surface area contributed by atoms with Gasteiger partial charge < -0.3 is 4.74 Å². The van der Waals surface area contributed by atoms with Crippen LogP contribution in [0.15, 0.2) is 24.3 Å². The van der Waals surface area contributed by atoms with Gasteiger partial charge in [-0.2, -0.15) is 0 Å². The summed E-state index contributed by atoms with van der Waals surface area (Å²) in [5.41, 5.74) is 3.03. The van der Waals surface area contributed by atoms with Crippen molar-refractivity contribution in [3.63, 3.8) is 0 Å². The molecule has 0 aliphatic heterocycles. The maximum atomic E-state index is 12.3. The molecule has 0 bridgehead atoms. The number of benzene rings is 1. The summed E-state index contributed by atoms with van der Waals surface area (Å²) < 4.78 is 7.15. The molecule has 4 heteroatoms. The lowest BCUT2D eigenvalue weighted by Crippen LogP contribution is -2.24. The normalized spacial score (nSPS) is 11.8. The minimum atomic E-state index is -1.17. The second-order valence-corrected chi connectivity index (χ2v) is 12.1. The van der Waals surface area contributed by atoms with Crippen LogP contribution in [-0.4, -0.2) is 25.3 Å². The summed E-state index contributed by atoms with van der Waals surface area (Å²) in [6, 6.07) is 8.96. The van der Waals surface area contributed by atoms with E-state index in [-0.39, 0.29) is 6.09 Å². The van der Waals surface area contributed by atoms with Gasteiger partial charge in [-0.15, -0.1) is 0 Å². The molecule has 1 aromatic carbocycles. The molecule has 0 saturated carbocycles. The van der Waals surface area contributed by atoms with Gasteiger partial charge in [0.15, 0.2) is 0 Å². The number of aromatic nitrogens is 1. The van der Waals surface area contributed by atoms with Crippen LogP contribution in [0.4, 0.5) is 4.79 Å². The Morgan fingerprint density at radius 3 is 2.50 bits per heavy atom. The fourth-order valence-electron chi connectivity index (χ4n) is 2.27. The summed E-state index contributed by atoms with van der Waals surface area (Å²) in [6.07, 6.45) is -0.259. The van der Waals surface area contributed by atoms with Crippen molar-refractivity contribution in [1.82, 2.24) is 4.57 Å². The van der Waals surface area contributed by atoms with E-state index >= 15 is 0 Å². The first-order chi connectivity index (χ1) is 9.31. The third-order valence-corrected chi connectivity index (χ3v) is 5.39. The maximum Gasteiger partial charge on any atom is 0.418 e. The monoisotopic (exact) mass is 289 g/mol. The van der Waals surface area contributed by atoms with E-state index in [4.69, 9.17) is 4.74 Å². The van der Waals surface area contributed by atoms with Crippen molar-refractivity contribution < 1.29 is 9.53 Å². The maximum absolute atomic E-state index is 12.3. The van der Waals surface area contributed by atoms with Gasteiger partial charge in [0.1, 0.15) is 0 Å². The van der Waals surface area contributed by atoms with E-state index in [1.165, 1.54) is 0 Å². The summed E-state index contributed by atoms with van der Waals surface area (Å²) in [4.78, 5) is 12.3. The number of hydrogen-bond acceptors (Lipinski definition) is 2. The largest absolute Gasteiger partial charge is 0.449 e. The first-order valence-corrected chi connectivity index (χ1v) is 10.8. The van der Waals surface area contributed by atoms with Crippen LogP contribution in [0.1, 0.15) is 11.3 Å². The second-order valence-electron chi connectivity index (χ2n) is 6.49. The molecule has 3 nitrogen and oxygen atoms in total. The molecule has 0 saturated heterocycles. The Morgan fingerprint density at radius 1 is 1.20 bits per heavy atom. The van der Waals surface area contributed by atoms with Gasteiger partial charge >= 0.3 is 6.09 Å². The Morgan fingerprint density at radius 2 is 1.85 bits per heavy atom. The Bertz CT molecular complexity index is 638. The quantitative estimate of drug-likeness (QED) is 0.774. The second kappa shape index (κ2) is 5.44. The standard InChI is InChI=1S/C16H23NO2Si/c1-12-13(2)17(15-9-7-6-8-14(12)15)16(18)19-10-11-20(3,4)5/h6-9H,10-11H2,1-5H3. The average Bonchev–Trinajstić information content (AvgIpc) is 2.61. The van der Waals surface area contributed by atoms with Crippen LogP contribution in [-0.2, 0) is 4.74 Å². The van der Waals surface area contributed by atoms with Crippen LogP contribution in [0.2, 0.25) is 25.7 Å². The molecular formula is C16H23NO2Si. The number of fused-ring (bicyclic) bond motifs is 1. The number of aryl methyl sites for hydroxylation is 1. The summed E-state index contributed by atoms with van der Waals surface area (Å²) >= 11 is 0. The lowest BCUT2D eigenvalue weighted by atomic mass is 10.2. The number of carbonyl (C=O) groups excluding carboxylic acids is 1. The lowest BCUT2D eigenvalue weighted by molar-refractivity contribution is 0.154. The molecular weight excluding hydrogens is 266 g/mol. The highest BCUT2D eigenvalue weighted by Gasteiger charge is 2.18. The predicted molar refractivity (Wildman–Crippen MR) is 86.3 cm³/mol. The Labute approximate surface area is 121 Å². The number of ether oxygens (including phenoxy) is 1. The summed E-state index contributed by atoms with van der Waals surface area (Å²) in [5.74, 6) is 0. The molecule has 0 aliphatic carbocycles. The highest BCUT2D eigenvalue weighted by atomic mass is 28.3. The van der Waals surface area contributed by atoms with Crippen LogP contribution in [0.25, 0.3) is 10.9 Å². The Balaban J connectivity index is 2.24. The molecule has 0 aliphatic rings. The van der Waals surface area contributed by atoms with Gasteiger partial charge in [0.25, 0.3) is 0 Å². The smallest absolute Gasteiger partial charge is 0.418 e. The Hall–Kier alpha value is -1.55. The fraction of sp³-hybridized carbons (Fsp3) is 0.438. The topological polar surface area (TPSA) is 31.2 Å². The van der Waals surface area contributed by atoms with Gasteiger partial charge in [-0.1, -0.05) is 37.8 Å². The summed E-state index contributed by atoms with van der Waals surface area (Å²) in [5, 5.41) is 1.12. The van der Waals surface area contributed by atoms with Gasteiger partial charge in [-0.05, 0) is 31.5 Å². The van der Waals surface area contributed by atoms with Crippen molar-refractivity contribution in [2.45, 2.75) is 39.5 Å². The SMILES string of the molecule is Cc1c(C)n(C(=O)OCC[Si](C)(C)C)c2ccccc12. The zero-order valence-corrected chi connectivity index (χ0v) is 14.0. The van der Waals surface area contributed by atoms with Crippen LogP contribution in [0.5, 0.6) is 0 Å². The molecule has 2 aromatic rings. The van der Waals surface area contributed by atoms with Crippen LogP contribution >= 0.6 is 0 Å². The van der Waals surface area contributed by atoms with E-state index < -0.39 is 8.07 Å². The van der Waals surface area contributed by atoms with Crippen molar-refractivity contribution in [3.8, 4) is 0 Å². The molecule has 0 atom stereocenters. The lowest BCUT2D eigenvalue weighted by Gasteiger charge is -2.16. The van der Waals surface area contributed by atoms with Gasteiger partial charge in [0.05, 0.1) is 12.1 Å². The first-order valence-electron chi connectivity index (χ1n) is 7.05. The summed E-state index contributed by atoms with van der Waals surface area (Å²) in [7, 11) is -1.17. The highest BCUT2D eigenvalue weighted by Crippen LogP contribution is 2.25. The Kier molecular flexibility index (Phi) is 4.04. The van der Waals surface area contributed by atoms with Gasteiger partial charge in [0.2, 0.25) is 0 Å². The van der Waals surface area contributed by atoms with Crippen molar-refractivity contribution in [2.24, 2.45) is 0 Å². The van der Waals surface area contributed by atoms with E-state index in [1.807, 2.05) is 38.1 Å². The number of rotatable bonds is 3. The number of nitrogens with zero attached hydrogens (tertiary/aromatic N) is 1. The predicted octanol–water partition coefficient (Wildman–Crippen LogP) is 4.58. The third-order valence-electron chi connectivity index (χ3n) is 3.69. The highest BCUT2D eigenvalue weighted by molar-refractivity contribution is 6.76. The van der Waals surface area contributed by atoms with E-state index in [9.17, 15) is 4.79 Å². The molecule has 0 fully saturated rings. The van der Waals surface area contributed by atoms with Gasteiger partial charge in [0, 0.05) is 19.2 Å². The molecule has 0 spiro atoms. The van der Waals surface area contributed by atoms with E-state index in [1.54, 1.807) is 4.57 Å². The minimum absolute atomic E-state index is 0.259. The molecule has 0 N–H and O–H groups in total. The van der Waals surface area contributed by atoms with Crippen LogP contribution in [0.3, 0.4) is 0 Å². The van der Waals surface area contributed by atoms with E-state index in [0.29, 0.717) is 6.61 Å². The zero-order valence-electron chi connectivity index (χ0n) is 13.0. The van der Waals surface area contributed by atoms with Gasteiger partial charge in [-0.3, -0.25) is 0 Å². The van der Waals surface area contributed by atoms with E-state index in [0.717, 1.165) is 28.2 Å². The summed E-state index contributed by atoms with van der Waals surface area (Å²) in [6.45, 7) is 11.4. The molecule has 2 rings (SSSR count). The molecule has 0 unspecified atom stereocenters. The zero-order chi connectivity index (χ0) is 14.9. The molecule has 20 heavy (non-hydrogen) atoms. The van der Waals surface area contributed by atoms with Crippen molar-refractivity contribution in [2.75, 3.05) is 6.61 Å². The number of para-hydroxylation sites is 1. The third kappa shape index (κ3) is 2.95. The molecule has 0 radical (unpaired) electrons. The van der Waals surface area contributed by atoms with Crippen molar-refractivity contribution in [1.29, 1.82) is 0 Å². The molecule has 1 aromatic heterocycles.